The summed E-state index contributed by atoms with van der Waals surface area (Å²) in [6.07, 6.45) is 1.06. The van der Waals surface area contributed by atoms with E-state index in [4.69, 9.17) is 21.1 Å². The third-order valence-corrected chi connectivity index (χ3v) is 4.37. The summed E-state index contributed by atoms with van der Waals surface area (Å²) in [4.78, 5) is 26.4. The number of carbonyl (C=O) groups is 2. The Morgan fingerprint density at radius 3 is 2.25 bits per heavy atom. The molecule has 1 saturated heterocycles. The van der Waals surface area contributed by atoms with Crippen molar-refractivity contribution in [3.05, 3.63) is 17.2 Å². The molecular formula is C17H23ClN2O4. The highest BCUT2D eigenvalue weighted by atomic mass is 35.5. The average molecular weight is 355 g/mol. The van der Waals surface area contributed by atoms with Gasteiger partial charge in [-0.05, 0) is 18.3 Å². The van der Waals surface area contributed by atoms with Crippen LogP contribution in [0.15, 0.2) is 12.1 Å². The van der Waals surface area contributed by atoms with Gasteiger partial charge in [0.1, 0.15) is 11.5 Å². The molecule has 0 radical (unpaired) electrons. The number of benzene rings is 1. The van der Waals surface area contributed by atoms with Crippen LogP contribution in [-0.4, -0.2) is 44.0 Å². The molecule has 1 heterocycles. The van der Waals surface area contributed by atoms with Crippen LogP contribution in [-0.2, 0) is 9.59 Å². The quantitative estimate of drug-likeness (QED) is 0.847. The van der Waals surface area contributed by atoms with Gasteiger partial charge in [0.05, 0.1) is 24.9 Å². The van der Waals surface area contributed by atoms with E-state index in [1.165, 1.54) is 26.4 Å². The van der Waals surface area contributed by atoms with Gasteiger partial charge in [-0.1, -0.05) is 25.4 Å². The van der Waals surface area contributed by atoms with E-state index in [-0.39, 0.29) is 0 Å². The number of anilines is 1. The smallest absolute Gasteiger partial charge is 0.314 e. The van der Waals surface area contributed by atoms with Crippen molar-refractivity contribution < 1.29 is 19.1 Å². The molecule has 1 aromatic carbocycles. The second-order valence-corrected chi connectivity index (χ2v) is 6.70. The molecule has 24 heavy (non-hydrogen) atoms. The molecule has 1 aliphatic rings. The van der Waals surface area contributed by atoms with Crippen LogP contribution in [0.25, 0.3) is 0 Å². The number of nitrogens with one attached hydrogen (secondary N) is 1. The summed E-state index contributed by atoms with van der Waals surface area (Å²) in [5.74, 6) is 0.289. The minimum atomic E-state index is -0.695. The van der Waals surface area contributed by atoms with Crippen LogP contribution < -0.4 is 14.8 Å². The SMILES string of the molecule is COc1cc(NC(=O)C(=O)N2CC(C)CC(C)C2)c(OC)cc1Cl. The molecule has 0 bridgehead atoms. The van der Waals surface area contributed by atoms with Gasteiger partial charge >= 0.3 is 11.8 Å². The van der Waals surface area contributed by atoms with Crippen LogP contribution in [0.4, 0.5) is 5.69 Å². The van der Waals surface area contributed by atoms with Crippen molar-refractivity contribution >= 4 is 29.1 Å². The zero-order valence-corrected chi connectivity index (χ0v) is 15.1. The van der Waals surface area contributed by atoms with Gasteiger partial charge in [0, 0.05) is 25.2 Å². The molecule has 0 aliphatic carbocycles. The lowest BCUT2D eigenvalue weighted by atomic mass is 9.92. The van der Waals surface area contributed by atoms with E-state index < -0.39 is 11.8 Å². The van der Waals surface area contributed by atoms with Crippen LogP contribution in [0, 0.1) is 11.8 Å². The van der Waals surface area contributed by atoms with E-state index in [1.54, 1.807) is 4.90 Å². The highest BCUT2D eigenvalue weighted by Crippen LogP contribution is 2.35. The first-order chi connectivity index (χ1) is 11.3. The van der Waals surface area contributed by atoms with E-state index in [2.05, 4.69) is 19.2 Å². The fourth-order valence-corrected chi connectivity index (χ4v) is 3.34. The van der Waals surface area contributed by atoms with Crippen LogP contribution >= 0.6 is 11.6 Å². The number of methoxy groups -OCH3 is 2. The van der Waals surface area contributed by atoms with E-state index in [0.717, 1.165) is 6.42 Å². The number of carbonyl (C=O) groups excluding carboxylic acids is 2. The maximum Gasteiger partial charge on any atom is 0.314 e. The van der Waals surface area contributed by atoms with E-state index in [9.17, 15) is 9.59 Å². The predicted molar refractivity (Wildman–Crippen MR) is 92.7 cm³/mol. The average Bonchev–Trinajstić information content (AvgIpc) is 2.54. The monoisotopic (exact) mass is 354 g/mol. The van der Waals surface area contributed by atoms with Gasteiger partial charge in [0.15, 0.2) is 0 Å². The van der Waals surface area contributed by atoms with E-state index in [0.29, 0.717) is 47.1 Å². The fourth-order valence-electron chi connectivity index (χ4n) is 3.11. The van der Waals surface area contributed by atoms with E-state index in [1.807, 2.05) is 0 Å². The third-order valence-electron chi connectivity index (χ3n) is 4.07. The Bertz CT molecular complexity index is 625. The molecule has 1 aliphatic heterocycles. The molecule has 1 aromatic rings. The molecule has 2 atom stereocenters. The summed E-state index contributed by atoms with van der Waals surface area (Å²) >= 11 is 6.04. The second-order valence-electron chi connectivity index (χ2n) is 6.30. The van der Waals surface area contributed by atoms with Crippen molar-refractivity contribution in [1.29, 1.82) is 0 Å². The molecule has 1 fully saturated rings. The second kappa shape index (κ2) is 7.75. The summed E-state index contributed by atoms with van der Waals surface area (Å²) < 4.78 is 10.3. The van der Waals surface area contributed by atoms with E-state index >= 15 is 0 Å². The van der Waals surface area contributed by atoms with Gasteiger partial charge in [-0.25, -0.2) is 0 Å². The third kappa shape index (κ3) is 4.12. The summed E-state index contributed by atoms with van der Waals surface area (Å²) in [5.41, 5.74) is 0.343. The topological polar surface area (TPSA) is 67.9 Å². The van der Waals surface area contributed by atoms with Crippen LogP contribution in [0.1, 0.15) is 20.3 Å². The van der Waals surface area contributed by atoms with Gasteiger partial charge < -0.3 is 19.7 Å². The van der Waals surface area contributed by atoms with Gasteiger partial charge in [0.25, 0.3) is 0 Å². The molecule has 2 unspecified atom stereocenters. The number of nitrogens with zero attached hydrogens (tertiary/aromatic N) is 1. The maximum atomic E-state index is 12.4. The number of likely N-dealkylation sites (tertiary alicyclic amines) is 1. The lowest BCUT2D eigenvalue weighted by Crippen LogP contribution is -2.47. The highest BCUT2D eigenvalue weighted by Gasteiger charge is 2.29. The van der Waals surface area contributed by atoms with Crippen molar-refractivity contribution in [2.24, 2.45) is 11.8 Å². The molecule has 7 heteroatoms. The molecule has 2 rings (SSSR count). The van der Waals surface area contributed by atoms with Crippen molar-refractivity contribution in [1.82, 2.24) is 4.90 Å². The maximum absolute atomic E-state index is 12.4. The fraction of sp³-hybridized carbons (Fsp3) is 0.529. The number of hydrogen-bond donors (Lipinski definition) is 1. The summed E-state index contributed by atoms with van der Waals surface area (Å²) in [6.45, 7) is 5.36. The van der Waals surface area contributed by atoms with Gasteiger partial charge in [-0.3, -0.25) is 9.59 Å². The first-order valence-electron chi connectivity index (χ1n) is 7.87. The number of ether oxygens (including phenoxy) is 2. The predicted octanol–water partition coefficient (Wildman–Crippen LogP) is 2.80. The summed E-state index contributed by atoms with van der Waals surface area (Å²) in [7, 11) is 2.94. The van der Waals surface area contributed by atoms with Crippen LogP contribution in [0.3, 0.4) is 0 Å². The Labute approximate surface area is 147 Å². The Hall–Kier alpha value is -1.95. The molecule has 2 amide bonds. The number of piperidine rings is 1. The number of halogens is 1. The molecule has 0 spiro atoms. The highest BCUT2D eigenvalue weighted by molar-refractivity contribution is 6.40. The zero-order chi connectivity index (χ0) is 17.9. The Kier molecular flexibility index (Phi) is 5.94. The molecular weight excluding hydrogens is 332 g/mol. The van der Waals surface area contributed by atoms with Gasteiger partial charge in [-0.2, -0.15) is 0 Å². The van der Waals surface area contributed by atoms with Crippen molar-refractivity contribution in [3.8, 4) is 11.5 Å². The molecule has 0 aromatic heterocycles. The molecule has 1 N–H and O–H groups in total. The first kappa shape index (κ1) is 18.4. The minimum Gasteiger partial charge on any atom is -0.495 e. The van der Waals surface area contributed by atoms with Crippen LogP contribution in [0.5, 0.6) is 11.5 Å². The number of amides is 2. The summed E-state index contributed by atoms with van der Waals surface area (Å²) in [6, 6.07) is 3.07. The minimum absolute atomic E-state index is 0.343. The lowest BCUT2D eigenvalue weighted by molar-refractivity contribution is -0.144. The lowest BCUT2D eigenvalue weighted by Gasteiger charge is -2.34. The van der Waals surface area contributed by atoms with Crippen molar-refractivity contribution in [2.45, 2.75) is 20.3 Å². The van der Waals surface area contributed by atoms with Crippen LogP contribution in [0.2, 0.25) is 5.02 Å². The normalized spacial score (nSPS) is 20.5. The molecule has 132 valence electrons. The standard InChI is InChI=1S/C17H23ClN2O4/c1-10-5-11(2)9-20(8-10)17(22)16(21)19-13-7-14(23-3)12(18)6-15(13)24-4/h6-7,10-11H,5,8-9H2,1-4H3,(H,19,21). The first-order valence-corrected chi connectivity index (χ1v) is 8.25. The van der Waals surface area contributed by atoms with Gasteiger partial charge in [0.2, 0.25) is 0 Å². The molecule has 6 nitrogen and oxygen atoms in total. The molecule has 0 saturated carbocycles. The number of hydrogen-bond acceptors (Lipinski definition) is 4. The Morgan fingerprint density at radius 2 is 1.71 bits per heavy atom. The number of rotatable bonds is 3. The zero-order valence-electron chi connectivity index (χ0n) is 14.4. The largest absolute Gasteiger partial charge is 0.495 e. The van der Waals surface area contributed by atoms with Gasteiger partial charge in [-0.15, -0.1) is 0 Å². The summed E-state index contributed by atoms with van der Waals surface area (Å²) in [5, 5.41) is 2.96. The van der Waals surface area contributed by atoms with Crippen molar-refractivity contribution in [2.75, 3.05) is 32.6 Å². The Balaban J connectivity index is 2.15. The Morgan fingerprint density at radius 1 is 1.12 bits per heavy atom. The van der Waals surface area contributed by atoms with Crippen molar-refractivity contribution in [3.63, 3.8) is 0 Å².